The van der Waals surface area contributed by atoms with Crippen LogP contribution in [0, 0.1) is 0 Å². The summed E-state index contributed by atoms with van der Waals surface area (Å²) < 4.78 is 1.68. The average molecular weight is 266 g/mol. The Balaban J connectivity index is 1.56. The summed E-state index contributed by atoms with van der Waals surface area (Å²) in [6.45, 7) is 1.12. The van der Waals surface area contributed by atoms with E-state index in [2.05, 4.69) is 10.00 Å². The van der Waals surface area contributed by atoms with Crippen molar-refractivity contribution in [2.45, 2.75) is 56.5 Å². The van der Waals surface area contributed by atoms with Crippen LogP contribution in [0.1, 0.15) is 25.7 Å². The van der Waals surface area contributed by atoms with Crippen LogP contribution in [0.15, 0.2) is 12.4 Å². The molecule has 6 nitrogen and oxygen atoms in total. The maximum Gasteiger partial charge on any atom is 0.0862 e. The number of rotatable bonds is 4. The number of anilines is 1. The molecular weight excluding hydrogens is 244 g/mol. The monoisotopic (exact) mass is 266 g/mol. The third-order valence-corrected chi connectivity index (χ3v) is 4.33. The number of aliphatic hydroxyl groups is 2. The fourth-order valence-electron chi connectivity index (χ4n) is 3.54. The van der Waals surface area contributed by atoms with Crippen LogP contribution in [-0.4, -0.2) is 55.7 Å². The van der Waals surface area contributed by atoms with Gasteiger partial charge in [-0.25, -0.2) is 0 Å². The smallest absolute Gasteiger partial charge is 0.0862 e. The lowest BCUT2D eigenvalue weighted by Gasteiger charge is -2.38. The van der Waals surface area contributed by atoms with E-state index in [1.165, 1.54) is 0 Å². The molecule has 106 valence electrons. The van der Waals surface area contributed by atoms with E-state index in [0.717, 1.165) is 25.7 Å². The molecule has 2 bridgehead atoms. The van der Waals surface area contributed by atoms with Crippen molar-refractivity contribution in [1.82, 2.24) is 14.7 Å². The van der Waals surface area contributed by atoms with Gasteiger partial charge in [-0.3, -0.25) is 9.58 Å². The van der Waals surface area contributed by atoms with Crippen molar-refractivity contribution < 1.29 is 10.2 Å². The Morgan fingerprint density at radius 1 is 1.32 bits per heavy atom. The summed E-state index contributed by atoms with van der Waals surface area (Å²) in [5, 5.41) is 24.0. The van der Waals surface area contributed by atoms with Crippen LogP contribution in [0.5, 0.6) is 0 Å². The van der Waals surface area contributed by atoms with Gasteiger partial charge in [0.15, 0.2) is 0 Å². The molecule has 3 atom stereocenters. The Labute approximate surface area is 112 Å². The highest BCUT2D eigenvalue weighted by Crippen LogP contribution is 2.35. The molecule has 19 heavy (non-hydrogen) atoms. The molecule has 0 amide bonds. The van der Waals surface area contributed by atoms with Crippen molar-refractivity contribution in [1.29, 1.82) is 0 Å². The molecule has 3 rings (SSSR count). The first kappa shape index (κ1) is 12.9. The first-order valence-corrected chi connectivity index (χ1v) is 7.01. The minimum absolute atomic E-state index is 0.156. The van der Waals surface area contributed by atoms with E-state index >= 15 is 0 Å². The largest absolute Gasteiger partial charge is 0.396 e. The second-order valence-electron chi connectivity index (χ2n) is 5.86. The third kappa shape index (κ3) is 2.75. The number of aromatic nitrogens is 2. The Bertz CT molecular complexity index is 422. The van der Waals surface area contributed by atoms with Gasteiger partial charge in [-0.15, -0.1) is 0 Å². The molecule has 0 saturated carbocycles. The SMILES string of the molecule is Nc1cnn(CC(O)CN2C3CCC2CC(O)C3)c1. The maximum atomic E-state index is 10.2. The molecular formula is C13H22N4O2. The normalized spacial score (nSPS) is 32.6. The molecule has 4 N–H and O–H groups in total. The van der Waals surface area contributed by atoms with Crippen LogP contribution in [0.3, 0.4) is 0 Å². The number of fused-ring (bicyclic) bond motifs is 2. The highest BCUT2D eigenvalue weighted by molar-refractivity contribution is 5.30. The number of nitrogen functional groups attached to an aromatic ring is 1. The van der Waals surface area contributed by atoms with Crippen LogP contribution in [0.2, 0.25) is 0 Å². The minimum atomic E-state index is -0.447. The first-order chi connectivity index (χ1) is 9.11. The number of piperidine rings is 1. The molecule has 1 aromatic heterocycles. The van der Waals surface area contributed by atoms with Crippen molar-refractivity contribution in [3.05, 3.63) is 12.4 Å². The Hall–Kier alpha value is -1.11. The minimum Gasteiger partial charge on any atom is -0.396 e. The standard InChI is InChI=1S/C13H22N4O2/c14-9-5-15-16(6-9)7-13(19)8-17-10-1-2-11(17)4-12(18)3-10/h5-6,10-13,18-19H,1-4,7-8,14H2. The molecule has 6 heteroatoms. The number of nitrogens with two attached hydrogens (primary N) is 1. The number of nitrogens with zero attached hydrogens (tertiary/aromatic N) is 3. The summed E-state index contributed by atoms with van der Waals surface area (Å²) in [7, 11) is 0. The molecule has 2 aliphatic heterocycles. The highest BCUT2D eigenvalue weighted by atomic mass is 16.3. The lowest BCUT2D eigenvalue weighted by Crippen LogP contribution is -2.48. The van der Waals surface area contributed by atoms with Gasteiger partial charge in [-0.1, -0.05) is 0 Å². The summed E-state index contributed by atoms with van der Waals surface area (Å²) >= 11 is 0. The van der Waals surface area contributed by atoms with Gasteiger partial charge in [0.05, 0.1) is 30.6 Å². The Morgan fingerprint density at radius 3 is 2.58 bits per heavy atom. The first-order valence-electron chi connectivity index (χ1n) is 7.01. The van der Waals surface area contributed by atoms with Crippen molar-refractivity contribution in [2.24, 2.45) is 0 Å². The average Bonchev–Trinajstić information content (AvgIpc) is 2.83. The van der Waals surface area contributed by atoms with E-state index in [9.17, 15) is 10.2 Å². The van der Waals surface area contributed by atoms with Gasteiger partial charge < -0.3 is 15.9 Å². The van der Waals surface area contributed by atoms with Gasteiger partial charge in [-0.05, 0) is 25.7 Å². The van der Waals surface area contributed by atoms with E-state index in [0.29, 0.717) is 30.9 Å². The number of aliphatic hydroxyl groups excluding tert-OH is 2. The van der Waals surface area contributed by atoms with Crippen LogP contribution in [-0.2, 0) is 6.54 Å². The molecule has 0 spiro atoms. The van der Waals surface area contributed by atoms with Gasteiger partial charge in [0, 0.05) is 24.8 Å². The molecule has 2 fully saturated rings. The summed E-state index contributed by atoms with van der Waals surface area (Å²) in [4.78, 5) is 2.37. The van der Waals surface area contributed by atoms with Gasteiger partial charge >= 0.3 is 0 Å². The predicted octanol–water partition coefficient (Wildman–Crippen LogP) is -0.186. The van der Waals surface area contributed by atoms with E-state index in [4.69, 9.17) is 5.73 Å². The molecule has 0 aromatic carbocycles. The van der Waals surface area contributed by atoms with E-state index in [-0.39, 0.29) is 6.10 Å². The van der Waals surface area contributed by atoms with Crippen LogP contribution in [0.25, 0.3) is 0 Å². The topological polar surface area (TPSA) is 87.5 Å². The lowest BCUT2D eigenvalue weighted by molar-refractivity contribution is 0.00419. The Kier molecular flexibility index (Phi) is 3.47. The van der Waals surface area contributed by atoms with Gasteiger partial charge in [-0.2, -0.15) is 5.10 Å². The second kappa shape index (κ2) is 5.11. The van der Waals surface area contributed by atoms with E-state index < -0.39 is 6.10 Å². The Morgan fingerprint density at radius 2 is 2.00 bits per heavy atom. The zero-order chi connectivity index (χ0) is 13.4. The van der Waals surface area contributed by atoms with E-state index in [1.807, 2.05) is 0 Å². The quantitative estimate of drug-likeness (QED) is 0.703. The van der Waals surface area contributed by atoms with Gasteiger partial charge in [0.25, 0.3) is 0 Å². The zero-order valence-electron chi connectivity index (χ0n) is 11.0. The number of hydrogen-bond acceptors (Lipinski definition) is 5. The van der Waals surface area contributed by atoms with Crippen LogP contribution < -0.4 is 5.73 Å². The molecule has 2 aliphatic rings. The summed E-state index contributed by atoms with van der Waals surface area (Å²) in [5.74, 6) is 0. The maximum absolute atomic E-state index is 10.2. The second-order valence-corrected chi connectivity index (χ2v) is 5.86. The fourth-order valence-corrected chi connectivity index (χ4v) is 3.54. The summed E-state index contributed by atoms with van der Waals surface area (Å²) in [6.07, 6.45) is 6.70. The predicted molar refractivity (Wildman–Crippen MR) is 71.4 cm³/mol. The van der Waals surface area contributed by atoms with Crippen molar-refractivity contribution >= 4 is 5.69 Å². The third-order valence-electron chi connectivity index (χ3n) is 4.33. The number of hydrogen-bond donors (Lipinski definition) is 3. The molecule has 0 aliphatic carbocycles. The lowest BCUT2D eigenvalue weighted by atomic mass is 9.99. The van der Waals surface area contributed by atoms with Crippen molar-refractivity contribution in [3.63, 3.8) is 0 Å². The molecule has 0 radical (unpaired) electrons. The molecule has 1 aromatic rings. The van der Waals surface area contributed by atoms with Gasteiger partial charge in [0.2, 0.25) is 0 Å². The van der Waals surface area contributed by atoms with Crippen LogP contribution >= 0.6 is 0 Å². The van der Waals surface area contributed by atoms with Gasteiger partial charge in [0.1, 0.15) is 0 Å². The van der Waals surface area contributed by atoms with Crippen LogP contribution in [0.4, 0.5) is 5.69 Å². The van der Waals surface area contributed by atoms with E-state index in [1.54, 1.807) is 17.1 Å². The van der Waals surface area contributed by atoms with Crippen molar-refractivity contribution in [3.8, 4) is 0 Å². The summed E-state index contributed by atoms with van der Waals surface area (Å²) in [5.41, 5.74) is 6.22. The molecule has 3 heterocycles. The highest BCUT2D eigenvalue weighted by Gasteiger charge is 2.40. The fraction of sp³-hybridized carbons (Fsp3) is 0.769. The molecule has 2 saturated heterocycles. The van der Waals surface area contributed by atoms with Crippen molar-refractivity contribution in [2.75, 3.05) is 12.3 Å². The zero-order valence-corrected chi connectivity index (χ0v) is 11.0. The molecule has 3 unspecified atom stereocenters. The summed E-state index contributed by atoms with van der Waals surface area (Å²) in [6, 6.07) is 0.872.